The SMILES string of the molecule is CCC(CCO)NS(=O)(=O)c1ccc(N)cc1OC. The first-order chi connectivity index (χ1) is 8.94. The lowest BCUT2D eigenvalue weighted by Crippen LogP contribution is -2.35. The Labute approximate surface area is 113 Å². The molecule has 0 aliphatic carbocycles. The number of ether oxygens (including phenoxy) is 1. The van der Waals surface area contributed by atoms with Crippen molar-refractivity contribution in [2.45, 2.75) is 30.7 Å². The van der Waals surface area contributed by atoms with Crippen LogP contribution < -0.4 is 15.2 Å². The number of benzene rings is 1. The average Bonchev–Trinajstić information content (AvgIpc) is 2.37. The Kier molecular flexibility index (Phi) is 5.59. The Hall–Kier alpha value is -1.31. The van der Waals surface area contributed by atoms with E-state index >= 15 is 0 Å². The van der Waals surface area contributed by atoms with Gasteiger partial charge in [-0.1, -0.05) is 6.92 Å². The van der Waals surface area contributed by atoms with Crippen molar-refractivity contribution in [1.29, 1.82) is 0 Å². The summed E-state index contributed by atoms with van der Waals surface area (Å²) in [5.74, 6) is 0.200. The van der Waals surface area contributed by atoms with Crippen LogP contribution in [0.3, 0.4) is 0 Å². The molecule has 0 saturated carbocycles. The number of hydrogen-bond acceptors (Lipinski definition) is 5. The fraction of sp³-hybridized carbons (Fsp3) is 0.500. The van der Waals surface area contributed by atoms with Gasteiger partial charge in [0.1, 0.15) is 10.6 Å². The van der Waals surface area contributed by atoms with Gasteiger partial charge in [0.05, 0.1) is 7.11 Å². The number of hydrogen-bond donors (Lipinski definition) is 3. The van der Waals surface area contributed by atoms with Gasteiger partial charge in [-0.25, -0.2) is 13.1 Å². The normalized spacial score (nSPS) is 13.2. The van der Waals surface area contributed by atoms with Gasteiger partial charge in [0.2, 0.25) is 10.0 Å². The Balaban J connectivity index is 3.06. The van der Waals surface area contributed by atoms with Gasteiger partial charge in [-0.05, 0) is 25.0 Å². The molecule has 1 aromatic rings. The number of nitrogens with two attached hydrogens (primary N) is 1. The highest BCUT2D eigenvalue weighted by Gasteiger charge is 2.22. The lowest BCUT2D eigenvalue weighted by molar-refractivity contribution is 0.270. The molecule has 1 rings (SSSR count). The third-order valence-corrected chi connectivity index (χ3v) is 4.33. The third kappa shape index (κ3) is 4.09. The van der Waals surface area contributed by atoms with Crippen LogP contribution in [-0.4, -0.2) is 33.3 Å². The minimum absolute atomic E-state index is 0.0422. The van der Waals surface area contributed by atoms with E-state index in [2.05, 4.69) is 4.72 Å². The number of methoxy groups -OCH3 is 1. The predicted octanol–water partition coefficient (Wildman–Crippen LogP) is 0.717. The minimum Gasteiger partial charge on any atom is -0.495 e. The van der Waals surface area contributed by atoms with E-state index in [0.29, 0.717) is 18.5 Å². The van der Waals surface area contributed by atoms with Crippen LogP contribution in [0.25, 0.3) is 0 Å². The Morgan fingerprint density at radius 3 is 2.68 bits per heavy atom. The molecular formula is C12H20N2O4S. The number of anilines is 1. The molecule has 1 atom stereocenters. The molecule has 0 fully saturated rings. The molecule has 0 aliphatic heterocycles. The maximum atomic E-state index is 12.3. The summed E-state index contributed by atoms with van der Waals surface area (Å²) in [6.07, 6.45) is 0.962. The maximum absolute atomic E-state index is 12.3. The van der Waals surface area contributed by atoms with E-state index < -0.39 is 10.0 Å². The van der Waals surface area contributed by atoms with Crippen LogP contribution in [0.15, 0.2) is 23.1 Å². The van der Waals surface area contributed by atoms with Crippen molar-refractivity contribution in [2.75, 3.05) is 19.5 Å². The molecule has 6 nitrogen and oxygen atoms in total. The third-order valence-electron chi connectivity index (χ3n) is 2.77. The number of rotatable bonds is 7. The molecule has 0 bridgehead atoms. The van der Waals surface area contributed by atoms with Gasteiger partial charge in [-0.2, -0.15) is 0 Å². The summed E-state index contributed by atoms with van der Waals surface area (Å²) in [7, 11) is -2.31. The van der Waals surface area contributed by atoms with Crippen LogP contribution in [0.4, 0.5) is 5.69 Å². The van der Waals surface area contributed by atoms with Gasteiger partial charge in [0.15, 0.2) is 0 Å². The van der Waals surface area contributed by atoms with Gasteiger partial charge in [0.25, 0.3) is 0 Å². The lowest BCUT2D eigenvalue weighted by Gasteiger charge is -2.17. The van der Waals surface area contributed by atoms with Crippen molar-refractivity contribution in [3.8, 4) is 5.75 Å². The van der Waals surface area contributed by atoms with Crippen molar-refractivity contribution >= 4 is 15.7 Å². The number of sulfonamides is 1. The molecule has 0 amide bonds. The summed E-state index contributed by atoms with van der Waals surface area (Å²) in [6, 6.07) is 4.06. The molecule has 0 spiro atoms. The average molecular weight is 288 g/mol. The fourth-order valence-electron chi connectivity index (χ4n) is 1.69. The number of nitrogens with one attached hydrogen (secondary N) is 1. The highest BCUT2D eigenvalue weighted by Crippen LogP contribution is 2.26. The zero-order valence-electron chi connectivity index (χ0n) is 11.1. The van der Waals surface area contributed by atoms with Gasteiger partial charge in [-0.15, -0.1) is 0 Å². The predicted molar refractivity (Wildman–Crippen MR) is 73.5 cm³/mol. The molecule has 1 aromatic carbocycles. The largest absolute Gasteiger partial charge is 0.495 e. The molecule has 0 aromatic heterocycles. The summed E-state index contributed by atoms with van der Waals surface area (Å²) in [5.41, 5.74) is 6.02. The first-order valence-corrected chi connectivity index (χ1v) is 7.49. The smallest absolute Gasteiger partial charge is 0.244 e. The summed E-state index contributed by atoms with van der Waals surface area (Å²) in [4.78, 5) is 0.0422. The van der Waals surface area contributed by atoms with Crippen molar-refractivity contribution < 1.29 is 18.3 Å². The highest BCUT2D eigenvalue weighted by atomic mass is 32.2. The number of aliphatic hydroxyl groups excluding tert-OH is 1. The van der Waals surface area contributed by atoms with Crippen LogP contribution >= 0.6 is 0 Å². The van der Waals surface area contributed by atoms with E-state index in [9.17, 15) is 8.42 Å². The van der Waals surface area contributed by atoms with E-state index in [1.54, 1.807) is 0 Å². The van der Waals surface area contributed by atoms with E-state index in [4.69, 9.17) is 15.6 Å². The van der Waals surface area contributed by atoms with Gasteiger partial charge in [-0.3, -0.25) is 0 Å². The Morgan fingerprint density at radius 2 is 2.16 bits per heavy atom. The molecule has 108 valence electrons. The first kappa shape index (κ1) is 15.7. The second-order valence-corrected chi connectivity index (χ2v) is 5.83. The van der Waals surface area contributed by atoms with Crippen LogP contribution in [0.5, 0.6) is 5.75 Å². The van der Waals surface area contributed by atoms with Crippen molar-refractivity contribution in [2.24, 2.45) is 0 Å². The topological polar surface area (TPSA) is 102 Å². The van der Waals surface area contributed by atoms with Crippen molar-refractivity contribution in [3.05, 3.63) is 18.2 Å². The molecule has 0 saturated heterocycles. The minimum atomic E-state index is -3.69. The van der Waals surface area contributed by atoms with Crippen molar-refractivity contribution in [3.63, 3.8) is 0 Å². The molecule has 7 heteroatoms. The summed E-state index contributed by atoms with van der Waals surface area (Å²) in [5, 5.41) is 8.90. The van der Waals surface area contributed by atoms with Crippen LogP contribution in [0.2, 0.25) is 0 Å². The molecule has 0 heterocycles. The molecule has 4 N–H and O–H groups in total. The van der Waals surface area contributed by atoms with E-state index in [1.807, 2.05) is 6.92 Å². The van der Waals surface area contributed by atoms with E-state index in [-0.39, 0.29) is 23.3 Å². The summed E-state index contributed by atoms with van der Waals surface area (Å²) in [6.45, 7) is 1.78. The van der Waals surface area contributed by atoms with Crippen molar-refractivity contribution in [1.82, 2.24) is 4.72 Å². The summed E-state index contributed by atoms with van der Waals surface area (Å²) < 4.78 is 32.1. The lowest BCUT2D eigenvalue weighted by atomic mass is 10.2. The van der Waals surface area contributed by atoms with E-state index in [1.165, 1.54) is 25.3 Å². The number of aliphatic hydroxyl groups is 1. The molecular weight excluding hydrogens is 268 g/mol. The molecule has 19 heavy (non-hydrogen) atoms. The van der Waals surface area contributed by atoms with Crippen LogP contribution in [-0.2, 0) is 10.0 Å². The first-order valence-electron chi connectivity index (χ1n) is 6.01. The quantitative estimate of drug-likeness (QED) is 0.642. The second-order valence-electron chi connectivity index (χ2n) is 4.15. The zero-order chi connectivity index (χ0) is 14.5. The standard InChI is InChI=1S/C12H20N2O4S/c1-3-10(6-7-15)14-19(16,17)12-5-4-9(13)8-11(12)18-2/h4-5,8,10,14-15H,3,6-7,13H2,1-2H3. The Morgan fingerprint density at radius 1 is 1.47 bits per heavy atom. The monoisotopic (exact) mass is 288 g/mol. The molecule has 1 unspecified atom stereocenters. The Bertz CT molecular complexity index is 516. The fourth-order valence-corrected chi connectivity index (χ4v) is 3.20. The second kappa shape index (κ2) is 6.74. The van der Waals surface area contributed by atoms with Crippen LogP contribution in [0.1, 0.15) is 19.8 Å². The zero-order valence-corrected chi connectivity index (χ0v) is 11.9. The van der Waals surface area contributed by atoms with Crippen LogP contribution in [0, 0.1) is 0 Å². The maximum Gasteiger partial charge on any atom is 0.244 e. The van der Waals surface area contributed by atoms with E-state index in [0.717, 1.165) is 0 Å². The van der Waals surface area contributed by atoms with Gasteiger partial charge < -0.3 is 15.6 Å². The molecule has 0 aliphatic rings. The highest BCUT2D eigenvalue weighted by molar-refractivity contribution is 7.89. The molecule has 0 radical (unpaired) electrons. The van der Waals surface area contributed by atoms with Gasteiger partial charge >= 0.3 is 0 Å². The summed E-state index contributed by atoms with van der Waals surface area (Å²) >= 11 is 0. The van der Waals surface area contributed by atoms with Gasteiger partial charge in [0, 0.05) is 24.4 Å². The number of nitrogen functional groups attached to an aromatic ring is 1.